The summed E-state index contributed by atoms with van der Waals surface area (Å²) in [5.41, 5.74) is 0.807. The first-order chi connectivity index (χ1) is 9.84. The number of rotatable bonds is 3. The number of carbonyl (C=O) groups is 1. The van der Waals surface area contributed by atoms with E-state index in [1.165, 1.54) is 11.8 Å². The van der Waals surface area contributed by atoms with Crippen molar-refractivity contribution in [2.45, 2.75) is 11.6 Å². The first-order valence-corrected chi connectivity index (χ1v) is 7.74. The van der Waals surface area contributed by atoms with Gasteiger partial charge >= 0.3 is 0 Å². The highest BCUT2D eigenvalue weighted by atomic mass is 32.2. The first kappa shape index (κ1) is 13.4. The summed E-state index contributed by atoms with van der Waals surface area (Å²) in [6.07, 6.45) is 2.93. The van der Waals surface area contributed by atoms with Gasteiger partial charge in [0.15, 0.2) is 10.8 Å². The number of amides is 1. The fourth-order valence-electron chi connectivity index (χ4n) is 2.23. The van der Waals surface area contributed by atoms with Crippen molar-refractivity contribution >= 4 is 23.3 Å². The summed E-state index contributed by atoms with van der Waals surface area (Å²) in [7, 11) is 0. The summed E-state index contributed by atoms with van der Waals surface area (Å²) in [6, 6.07) is 5.76. The Morgan fingerprint density at radius 2 is 2.25 bits per heavy atom. The number of aromatic nitrogens is 3. The van der Waals surface area contributed by atoms with Crippen LogP contribution in [0.1, 0.15) is 6.42 Å². The Morgan fingerprint density at radius 3 is 3.20 bits per heavy atom. The predicted molar refractivity (Wildman–Crippen MR) is 77.8 cm³/mol. The van der Waals surface area contributed by atoms with Gasteiger partial charge in [0.2, 0.25) is 5.91 Å². The maximum Gasteiger partial charge on any atom is 0.233 e. The van der Waals surface area contributed by atoms with E-state index in [-0.39, 0.29) is 5.91 Å². The van der Waals surface area contributed by atoms with Crippen LogP contribution in [0.3, 0.4) is 0 Å². The summed E-state index contributed by atoms with van der Waals surface area (Å²) in [5, 5.41) is 12.3. The van der Waals surface area contributed by atoms with Gasteiger partial charge in [-0.15, -0.1) is 10.2 Å². The quantitative estimate of drug-likeness (QED) is 0.841. The van der Waals surface area contributed by atoms with Crippen LogP contribution in [0.5, 0.6) is 0 Å². The van der Waals surface area contributed by atoms with Crippen LogP contribution < -0.4 is 5.32 Å². The third-order valence-electron chi connectivity index (χ3n) is 3.30. The number of nitrogens with one attached hydrogen (secondary N) is 1. The molecule has 0 saturated carbocycles. The van der Waals surface area contributed by atoms with Crippen LogP contribution in [-0.2, 0) is 4.79 Å². The lowest BCUT2D eigenvalue weighted by Crippen LogP contribution is -2.35. The topological polar surface area (TPSA) is 62.5 Å². The zero-order valence-electron chi connectivity index (χ0n) is 11.2. The Hall–Kier alpha value is -1.60. The predicted octanol–water partition coefficient (Wildman–Crippen LogP) is 0.643. The van der Waals surface area contributed by atoms with E-state index in [2.05, 4.69) is 15.5 Å². The zero-order valence-corrected chi connectivity index (χ0v) is 12.0. The van der Waals surface area contributed by atoms with Gasteiger partial charge in [-0.2, -0.15) is 0 Å². The molecule has 106 valence electrons. The van der Waals surface area contributed by atoms with Gasteiger partial charge in [0.05, 0.1) is 5.75 Å². The van der Waals surface area contributed by atoms with E-state index in [1.54, 1.807) is 0 Å². The fourth-order valence-corrected chi connectivity index (χ4v) is 3.06. The summed E-state index contributed by atoms with van der Waals surface area (Å²) < 4.78 is 1.90. The van der Waals surface area contributed by atoms with Gasteiger partial charge in [-0.05, 0) is 25.1 Å². The number of carbonyl (C=O) groups excluding carboxylic acids is 1. The summed E-state index contributed by atoms with van der Waals surface area (Å²) in [6.45, 7) is 3.50. The SMILES string of the molecule is O=C(CSc1nnc2ccccn12)N1CCCNCC1. The Kier molecular flexibility index (Phi) is 4.17. The minimum atomic E-state index is 0.173. The smallest absolute Gasteiger partial charge is 0.233 e. The van der Waals surface area contributed by atoms with Crippen molar-refractivity contribution in [2.24, 2.45) is 0 Å². The van der Waals surface area contributed by atoms with Crippen molar-refractivity contribution in [3.05, 3.63) is 24.4 Å². The number of hydrogen-bond donors (Lipinski definition) is 1. The molecule has 1 amide bonds. The molecule has 1 N–H and O–H groups in total. The van der Waals surface area contributed by atoms with Gasteiger partial charge in [-0.1, -0.05) is 17.8 Å². The molecule has 6 nitrogen and oxygen atoms in total. The zero-order chi connectivity index (χ0) is 13.8. The first-order valence-electron chi connectivity index (χ1n) is 6.75. The van der Waals surface area contributed by atoms with Crippen molar-refractivity contribution in [1.82, 2.24) is 24.8 Å². The van der Waals surface area contributed by atoms with E-state index in [9.17, 15) is 4.79 Å². The molecule has 2 aromatic rings. The number of fused-ring (bicyclic) bond motifs is 1. The Morgan fingerprint density at radius 1 is 1.30 bits per heavy atom. The second-order valence-corrected chi connectivity index (χ2v) is 5.63. The third-order valence-corrected chi connectivity index (χ3v) is 4.23. The molecule has 1 saturated heterocycles. The minimum absolute atomic E-state index is 0.173. The number of pyridine rings is 1. The molecule has 1 aliphatic heterocycles. The molecule has 0 aromatic carbocycles. The van der Waals surface area contributed by atoms with Crippen molar-refractivity contribution < 1.29 is 4.79 Å². The maximum atomic E-state index is 12.2. The highest BCUT2D eigenvalue weighted by Crippen LogP contribution is 2.17. The van der Waals surface area contributed by atoms with Crippen LogP contribution >= 0.6 is 11.8 Å². The molecular formula is C13H17N5OS. The van der Waals surface area contributed by atoms with E-state index in [1.807, 2.05) is 33.7 Å². The molecule has 0 unspecified atom stereocenters. The van der Waals surface area contributed by atoms with Crippen LogP contribution in [-0.4, -0.2) is 57.3 Å². The number of nitrogens with zero attached hydrogens (tertiary/aromatic N) is 4. The molecule has 3 heterocycles. The standard InChI is InChI=1S/C13H17N5OS/c19-12(17-7-3-5-14-6-9-17)10-20-13-16-15-11-4-1-2-8-18(11)13/h1-2,4,8,14H,3,5-7,9-10H2. The average molecular weight is 291 g/mol. The average Bonchev–Trinajstić information content (AvgIpc) is 2.70. The van der Waals surface area contributed by atoms with Crippen molar-refractivity contribution in [3.63, 3.8) is 0 Å². The molecule has 0 aliphatic carbocycles. The van der Waals surface area contributed by atoms with E-state index in [0.717, 1.165) is 43.4 Å². The van der Waals surface area contributed by atoms with Crippen LogP contribution in [0.4, 0.5) is 0 Å². The van der Waals surface area contributed by atoms with Crippen LogP contribution in [0.15, 0.2) is 29.6 Å². The van der Waals surface area contributed by atoms with Gasteiger partial charge in [-0.25, -0.2) is 0 Å². The molecule has 0 bridgehead atoms. The second-order valence-electron chi connectivity index (χ2n) is 4.68. The molecule has 20 heavy (non-hydrogen) atoms. The summed E-state index contributed by atoms with van der Waals surface area (Å²) in [4.78, 5) is 14.1. The molecule has 7 heteroatoms. The van der Waals surface area contributed by atoms with Crippen molar-refractivity contribution in [2.75, 3.05) is 31.9 Å². The molecule has 0 atom stereocenters. The lowest BCUT2D eigenvalue weighted by atomic mass is 10.4. The molecule has 1 aliphatic rings. The Balaban J connectivity index is 1.62. The second kappa shape index (κ2) is 6.23. The Bertz CT molecular complexity index is 591. The van der Waals surface area contributed by atoms with Gasteiger partial charge in [0.1, 0.15) is 0 Å². The van der Waals surface area contributed by atoms with E-state index in [0.29, 0.717) is 5.75 Å². The largest absolute Gasteiger partial charge is 0.341 e. The summed E-state index contributed by atoms with van der Waals surface area (Å²) in [5.74, 6) is 0.585. The molecular weight excluding hydrogens is 274 g/mol. The molecule has 0 spiro atoms. The van der Waals surface area contributed by atoms with Gasteiger partial charge < -0.3 is 10.2 Å². The van der Waals surface area contributed by atoms with Gasteiger partial charge in [0.25, 0.3) is 0 Å². The lowest BCUT2D eigenvalue weighted by molar-refractivity contribution is -0.128. The van der Waals surface area contributed by atoms with Crippen molar-refractivity contribution in [3.8, 4) is 0 Å². The van der Waals surface area contributed by atoms with E-state index in [4.69, 9.17) is 0 Å². The molecule has 3 rings (SSSR count). The maximum absolute atomic E-state index is 12.2. The van der Waals surface area contributed by atoms with E-state index < -0.39 is 0 Å². The van der Waals surface area contributed by atoms with Gasteiger partial charge in [0, 0.05) is 25.8 Å². The number of thioether (sulfide) groups is 1. The van der Waals surface area contributed by atoms with Gasteiger partial charge in [-0.3, -0.25) is 9.20 Å². The minimum Gasteiger partial charge on any atom is -0.341 e. The molecule has 1 fully saturated rings. The van der Waals surface area contributed by atoms with E-state index >= 15 is 0 Å². The van der Waals surface area contributed by atoms with Crippen LogP contribution in [0.2, 0.25) is 0 Å². The molecule has 0 radical (unpaired) electrons. The van der Waals surface area contributed by atoms with Crippen molar-refractivity contribution in [1.29, 1.82) is 0 Å². The highest BCUT2D eigenvalue weighted by Gasteiger charge is 2.16. The number of hydrogen-bond acceptors (Lipinski definition) is 5. The monoisotopic (exact) mass is 291 g/mol. The van der Waals surface area contributed by atoms with Crippen LogP contribution in [0.25, 0.3) is 5.65 Å². The Labute approximate surface area is 121 Å². The molecule has 2 aromatic heterocycles. The summed E-state index contributed by atoms with van der Waals surface area (Å²) >= 11 is 1.44. The lowest BCUT2D eigenvalue weighted by Gasteiger charge is -2.19. The third kappa shape index (κ3) is 2.94. The fraction of sp³-hybridized carbons (Fsp3) is 0.462. The normalized spacial score (nSPS) is 16.3. The van der Waals surface area contributed by atoms with Crippen LogP contribution in [0, 0.1) is 0 Å². The highest BCUT2D eigenvalue weighted by molar-refractivity contribution is 7.99.